The molecule has 30 heavy (non-hydrogen) atoms. The van der Waals surface area contributed by atoms with Crippen LogP contribution in [0.5, 0.6) is 0 Å². The lowest BCUT2D eigenvalue weighted by atomic mass is 9.94. The van der Waals surface area contributed by atoms with Gasteiger partial charge in [-0.05, 0) is 51.4 Å². The summed E-state index contributed by atoms with van der Waals surface area (Å²) in [5.41, 5.74) is 1.08. The first-order valence-electron chi connectivity index (χ1n) is 11.0. The van der Waals surface area contributed by atoms with Gasteiger partial charge in [0.05, 0.1) is 17.6 Å². The van der Waals surface area contributed by atoms with Crippen LogP contribution in [-0.4, -0.2) is 80.4 Å². The van der Waals surface area contributed by atoms with Crippen LogP contribution in [0.3, 0.4) is 0 Å². The zero-order valence-corrected chi connectivity index (χ0v) is 18.4. The van der Waals surface area contributed by atoms with Gasteiger partial charge < -0.3 is 10.2 Å². The fourth-order valence-electron chi connectivity index (χ4n) is 4.97. The number of likely N-dealkylation sites (tertiary alicyclic amines) is 1. The van der Waals surface area contributed by atoms with Crippen LogP contribution in [0.25, 0.3) is 5.69 Å². The molecule has 3 fully saturated rings. The number of benzene rings is 1. The summed E-state index contributed by atoms with van der Waals surface area (Å²) in [6, 6.07) is 10.8. The Balaban J connectivity index is 1.20. The van der Waals surface area contributed by atoms with Crippen LogP contribution in [0, 0.1) is 6.92 Å². The van der Waals surface area contributed by atoms with Gasteiger partial charge in [0.15, 0.2) is 0 Å². The standard InChI is InChI=1S/C22H30N6OS/c1-16-24-21(28(25-16)18-5-3-2-4-6-18)17-7-9-26(10-8-17)19-13-20(23-14-19)22(29)27-11-12-30-15-27/h2-6,17,19-20,23H,7-15H2,1H3/t19-,20-/m0/s1. The van der Waals surface area contributed by atoms with Gasteiger partial charge in [-0.25, -0.2) is 9.67 Å². The van der Waals surface area contributed by atoms with E-state index in [0.29, 0.717) is 17.9 Å². The SMILES string of the molecule is Cc1nc(C2CCN([C@@H]3CN[C@H](C(=O)N4CCSC4)C3)CC2)n(-c2ccccc2)n1. The van der Waals surface area contributed by atoms with Gasteiger partial charge in [-0.2, -0.15) is 5.10 Å². The number of thioether (sulfide) groups is 1. The second-order valence-corrected chi connectivity index (χ2v) is 9.64. The number of amides is 1. The van der Waals surface area contributed by atoms with Gasteiger partial charge >= 0.3 is 0 Å². The van der Waals surface area contributed by atoms with Crippen LogP contribution in [0.2, 0.25) is 0 Å². The lowest BCUT2D eigenvalue weighted by molar-refractivity contribution is -0.131. The second-order valence-electron chi connectivity index (χ2n) is 8.56. The third kappa shape index (κ3) is 4.00. The number of carbonyl (C=O) groups excluding carboxylic acids is 1. The molecule has 3 aliphatic heterocycles. The fourth-order valence-corrected chi connectivity index (χ4v) is 5.92. The van der Waals surface area contributed by atoms with E-state index < -0.39 is 0 Å². The average Bonchev–Trinajstić information content (AvgIpc) is 3.55. The quantitative estimate of drug-likeness (QED) is 0.807. The molecule has 160 valence electrons. The Morgan fingerprint density at radius 2 is 1.97 bits per heavy atom. The summed E-state index contributed by atoms with van der Waals surface area (Å²) < 4.78 is 2.02. The molecule has 0 bridgehead atoms. The maximum atomic E-state index is 12.7. The number of hydrogen-bond donors (Lipinski definition) is 1. The van der Waals surface area contributed by atoms with Crippen LogP contribution in [0.4, 0.5) is 0 Å². The average molecular weight is 427 g/mol. The maximum absolute atomic E-state index is 12.7. The molecule has 2 atom stereocenters. The van der Waals surface area contributed by atoms with Crippen molar-refractivity contribution in [3.8, 4) is 5.69 Å². The van der Waals surface area contributed by atoms with Crippen molar-refractivity contribution in [2.45, 2.75) is 44.2 Å². The zero-order valence-electron chi connectivity index (χ0n) is 17.5. The first kappa shape index (κ1) is 20.0. The molecule has 7 nitrogen and oxygen atoms in total. The molecule has 1 amide bonds. The lowest BCUT2D eigenvalue weighted by Gasteiger charge is -2.35. The van der Waals surface area contributed by atoms with Gasteiger partial charge in [0.25, 0.3) is 0 Å². The Bertz CT molecular complexity index is 873. The number of aryl methyl sites for hydroxylation is 1. The highest BCUT2D eigenvalue weighted by molar-refractivity contribution is 7.99. The summed E-state index contributed by atoms with van der Waals surface area (Å²) in [5.74, 6) is 4.57. The molecule has 3 saturated heterocycles. The second kappa shape index (κ2) is 8.69. The largest absolute Gasteiger partial charge is 0.331 e. The molecular weight excluding hydrogens is 396 g/mol. The summed E-state index contributed by atoms with van der Waals surface area (Å²) in [6.45, 7) is 5.90. The fraction of sp³-hybridized carbons (Fsp3) is 0.591. The van der Waals surface area contributed by atoms with Crippen molar-refractivity contribution in [1.82, 2.24) is 29.9 Å². The lowest BCUT2D eigenvalue weighted by Crippen LogP contribution is -2.42. The Labute approximate surface area is 182 Å². The first-order chi connectivity index (χ1) is 14.7. The molecule has 0 saturated carbocycles. The highest BCUT2D eigenvalue weighted by Gasteiger charge is 2.37. The summed E-state index contributed by atoms with van der Waals surface area (Å²) in [4.78, 5) is 22.1. The number of para-hydroxylation sites is 1. The van der Waals surface area contributed by atoms with E-state index >= 15 is 0 Å². The molecule has 0 spiro atoms. The van der Waals surface area contributed by atoms with Gasteiger partial charge in [0, 0.05) is 30.8 Å². The van der Waals surface area contributed by atoms with Gasteiger partial charge in [-0.15, -0.1) is 11.8 Å². The number of hydrogen-bond acceptors (Lipinski definition) is 6. The van der Waals surface area contributed by atoms with E-state index in [2.05, 4.69) is 27.4 Å². The third-order valence-electron chi connectivity index (χ3n) is 6.62. The highest BCUT2D eigenvalue weighted by atomic mass is 32.2. The predicted octanol–water partition coefficient (Wildman–Crippen LogP) is 2.02. The molecular formula is C22H30N6OS. The van der Waals surface area contributed by atoms with E-state index in [9.17, 15) is 4.79 Å². The van der Waals surface area contributed by atoms with Crippen molar-refractivity contribution in [3.05, 3.63) is 42.0 Å². The normalized spacial score (nSPS) is 25.8. The van der Waals surface area contributed by atoms with E-state index in [0.717, 1.165) is 74.4 Å². The number of rotatable bonds is 4. The highest BCUT2D eigenvalue weighted by Crippen LogP contribution is 2.31. The van der Waals surface area contributed by atoms with E-state index in [1.54, 1.807) is 0 Å². The summed E-state index contributed by atoms with van der Waals surface area (Å²) in [7, 11) is 0. The Morgan fingerprint density at radius 3 is 2.70 bits per heavy atom. The molecule has 0 radical (unpaired) electrons. The molecule has 2 aromatic rings. The summed E-state index contributed by atoms with van der Waals surface area (Å²) >= 11 is 1.85. The topological polar surface area (TPSA) is 66.3 Å². The van der Waals surface area contributed by atoms with E-state index in [1.807, 2.05) is 46.5 Å². The van der Waals surface area contributed by atoms with Crippen molar-refractivity contribution in [2.24, 2.45) is 0 Å². The molecule has 0 aliphatic carbocycles. The molecule has 3 aliphatic rings. The van der Waals surface area contributed by atoms with Crippen molar-refractivity contribution >= 4 is 17.7 Å². The molecule has 5 rings (SSSR count). The molecule has 4 heterocycles. The molecule has 0 unspecified atom stereocenters. The first-order valence-corrected chi connectivity index (χ1v) is 12.2. The van der Waals surface area contributed by atoms with Gasteiger partial charge in [0.1, 0.15) is 11.6 Å². The number of aromatic nitrogens is 3. The Kier molecular flexibility index (Phi) is 5.80. The van der Waals surface area contributed by atoms with Crippen LogP contribution in [0.15, 0.2) is 30.3 Å². The predicted molar refractivity (Wildman–Crippen MR) is 119 cm³/mol. The molecule has 1 N–H and O–H groups in total. The summed E-state index contributed by atoms with van der Waals surface area (Å²) in [6.07, 6.45) is 3.11. The van der Waals surface area contributed by atoms with E-state index in [4.69, 9.17) is 4.98 Å². The van der Waals surface area contributed by atoms with Crippen LogP contribution < -0.4 is 5.32 Å². The smallest absolute Gasteiger partial charge is 0.240 e. The third-order valence-corrected chi connectivity index (χ3v) is 7.59. The number of nitrogens with one attached hydrogen (secondary N) is 1. The number of nitrogens with zero attached hydrogens (tertiary/aromatic N) is 5. The van der Waals surface area contributed by atoms with Crippen molar-refractivity contribution in [3.63, 3.8) is 0 Å². The Hall–Kier alpha value is -1.90. The van der Waals surface area contributed by atoms with Crippen molar-refractivity contribution in [1.29, 1.82) is 0 Å². The monoisotopic (exact) mass is 426 g/mol. The van der Waals surface area contributed by atoms with Crippen molar-refractivity contribution in [2.75, 3.05) is 37.8 Å². The van der Waals surface area contributed by atoms with E-state index in [1.165, 1.54) is 0 Å². The number of piperidine rings is 1. The number of carbonyl (C=O) groups is 1. The van der Waals surface area contributed by atoms with Gasteiger partial charge in [0.2, 0.25) is 5.91 Å². The zero-order chi connectivity index (χ0) is 20.5. The summed E-state index contributed by atoms with van der Waals surface area (Å²) in [5, 5.41) is 8.15. The van der Waals surface area contributed by atoms with Crippen LogP contribution in [0.1, 0.15) is 36.8 Å². The van der Waals surface area contributed by atoms with Crippen LogP contribution in [-0.2, 0) is 4.79 Å². The molecule has 1 aromatic carbocycles. The van der Waals surface area contributed by atoms with Crippen molar-refractivity contribution < 1.29 is 4.79 Å². The minimum Gasteiger partial charge on any atom is -0.331 e. The maximum Gasteiger partial charge on any atom is 0.240 e. The van der Waals surface area contributed by atoms with Gasteiger partial charge in [-0.3, -0.25) is 9.69 Å². The minimum atomic E-state index is -0.00440. The minimum absolute atomic E-state index is 0.00440. The van der Waals surface area contributed by atoms with E-state index in [-0.39, 0.29) is 6.04 Å². The van der Waals surface area contributed by atoms with Gasteiger partial charge in [-0.1, -0.05) is 18.2 Å². The van der Waals surface area contributed by atoms with Crippen LogP contribution >= 0.6 is 11.8 Å². The molecule has 1 aromatic heterocycles. The Morgan fingerprint density at radius 1 is 1.17 bits per heavy atom. The molecule has 8 heteroatoms.